The van der Waals surface area contributed by atoms with Crippen molar-refractivity contribution in [1.29, 1.82) is 0 Å². The molecule has 2 heterocycles. The maximum atomic E-state index is 4.96. The van der Waals surface area contributed by atoms with Crippen molar-refractivity contribution in [2.75, 3.05) is 4.90 Å². The molecule has 0 amide bonds. The van der Waals surface area contributed by atoms with Gasteiger partial charge in [0.2, 0.25) is 0 Å². The second kappa shape index (κ2) is 11.9. The zero-order chi connectivity index (χ0) is 31.9. The fraction of sp³-hybridized carbons (Fsp3) is 0.317. The summed E-state index contributed by atoms with van der Waals surface area (Å²) in [6, 6.07) is 37.4. The summed E-state index contributed by atoms with van der Waals surface area (Å²) < 4.78 is 0. The Hall–Kier alpha value is -4.31. The summed E-state index contributed by atoms with van der Waals surface area (Å²) in [4.78, 5) is 17.5. The van der Waals surface area contributed by atoms with Crippen molar-refractivity contribution in [1.82, 2.24) is 15.0 Å². The predicted octanol–water partition coefficient (Wildman–Crippen LogP) is 10.7. The summed E-state index contributed by atoms with van der Waals surface area (Å²) in [6.07, 6.45) is 1.06. The minimum absolute atomic E-state index is 0.0164. The molecule has 1 saturated heterocycles. The highest BCUT2D eigenvalue weighted by molar-refractivity contribution is 5.72. The minimum atomic E-state index is -0.0461. The fourth-order valence-corrected chi connectivity index (χ4v) is 7.27. The SMILES string of the molecule is CC(C)c1cccc(C(C)C)c1N1[C](c2ccc(-c3nc(-c4ccccc4)nc(-c4ccccc4)n3)cc2)C(C)(C)CC1(C)C. The molecule has 0 saturated carbocycles. The number of hydrogen-bond acceptors (Lipinski definition) is 4. The minimum Gasteiger partial charge on any atom is -0.353 e. The molecular formula is C41H45N4. The number of nitrogens with zero attached hydrogens (tertiary/aromatic N) is 4. The normalized spacial score (nSPS) is 16.1. The van der Waals surface area contributed by atoms with E-state index >= 15 is 0 Å². The number of anilines is 1. The van der Waals surface area contributed by atoms with E-state index in [0.29, 0.717) is 29.3 Å². The molecule has 5 aromatic rings. The van der Waals surface area contributed by atoms with Crippen LogP contribution in [0.3, 0.4) is 0 Å². The van der Waals surface area contributed by atoms with Crippen LogP contribution in [-0.4, -0.2) is 20.5 Å². The first-order chi connectivity index (χ1) is 21.5. The van der Waals surface area contributed by atoms with Crippen LogP contribution in [0.5, 0.6) is 0 Å². The molecule has 4 aromatic carbocycles. The maximum absolute atomic E-state index is 4.96. The lowest BCUT2D eigenvalue weighted by Crippen LogP contribution is -2.42. The van der Waals surface area contributed by atoms with Crippen molar-refractivity contribution >= 4 is 5.69 Å². The molecule has 1 aliphatic heterocycles. The number of hydrogen-bond donors (Lipinski definition) is 0. The average Bonchev–Trinajstić information content (AvgIpc) is 3.23. The fourth-order valence-electron chi connectivity index (χ4n) is 7.27. The van der Waals surface area contributed by atoms with Crippen LogP contribution < -0.4 is 4.90 Å². The molecule has 0 unspecified atom stereocenters. The Bertz CT molecular complexity index is 1690. The van der Waals surface area contributed by atoms with E-state index in [1.807, 2.05) is 60.7 Å². The highest BCUT2D eigenvalue weighted by Crippen LogP contribution is 2.57. The standard InChI is InChI=1S/C41H45N4/c1-27(2)33-20-15-21-34(28(3)4)35(33)45-36(40(5,6)26-41(45,7)8)29-22-24-32(25-23-29)39-43-37(30-16-11-9-12-17-30)42-38(44-39)31-18-13-10-14-19-31/h9-25,27-28H,26H2,1-8H3. The van der Waals surface area contributed by atoms with Gasteiger partial charge in [0.1, 0.15) is 0 Å². The summed E-state index contributed by atoms with van der Waals surface area (Å²) in [6.45, 7) is 18.9. The Kier molecular flexibility index (Phi) is 8.11. The Balaban J connectivity index is 1.46. The molecule has 0 aliphatic carbocycles. The summed E-state index contributed by atoms with van der Waals surface area (Å²) in [5.41, 5.74) is 8.30. The lowest BCUT2D eigenvalue weighted by atomic mass is 9.78. The Morgan fingerprint density at radius 3 is 1.33 bits per heavy atom. The van der Waals surface area contributed by atoms with E-state index in [-0.39, 0.29) is 11.0 Å². The summed E-state index contributed by atoms with van der Waals surface area (Å²) in [5, 5.41) is 0. The van der Waals surface area contributed by atoms with Gasteiger partial charge in [-0.25, -0.2) is 15.0 Å². The van der Waals surface area contributed by atoms with Gasteiger partial charge in [0.25, 0.3) is 0 Å². The third-order valence-corrected chi connectivity index (χ3v) is 9.03. The van der Waals surface area contributed by atoms with Gasteiger partial charge in [-0.1, -0.05) is 145 Å². The van der Waals surface area contributed by atoms with Gasteiger partial charge in [-0.3, -0.25) is 0 Å². The van der Waals surface area contributed by atoms with Gasteiger partial charge in [-0.2, -0.15) is 0 Å². The molecule has 1 fully saturated rings. The lowest BCUT2D eigenvalue weighted by molar-refractivity contribution is 0.376. The molecule has 1 aromatic heterocycles. The number of para-hydroxylation sites is 1. The summed E-state index contributed by atoms with van der Waals surface area (Å²) >= 11 is 0. The molecule has 1 aliphatic rings. The van der Waals surface area contributed by atoms with Crippen molar-refractivity contribution in [2.24, 2.45) is 5.41 Å². The van der Waals surface area contributed by atoms with E-state index in [1.54, 1.807) is 0 Å². The molecule has 6 rings (SSSR count). The summed E-state index contributed by atoms with van der Waals surface area (Å²) in [7, 11) is 0. The number of rotatable bonds is 7. The van der Waals surface area contributed by atoms with E-state index in [0.717, 1.165) is 23.1 Å². The van der Waals surface area contributed by atoms with Gasteiger partial charge in [-0.05, 0) is 54.2 Å². The average molecular weight is 594 g/mol. The van der Waals surface area contributed by atoms with Crippen molar-refractivity contribution < 1.29 is 0 Å². The van der Waals surface area contributed by atoms with Crippen LogP contribution in [-0.2, 0) is 0 Å². The Morgan fingerprint density at radius 1 is 0.511 bits per heavy atom. The van der Waals surface area contributed by atoms with E-state index in [2.05, 4.69) is 103 Å². The van der Waals surface area contributed by atoms with Crippen LogP contribution >= 0.6 is 0 Å². The van der Waals surface area contributed by atoms with Crippen LogP contribution in [0, 0.1) is 11.5 Å². The highest BCUT2D eigenvalue weighted by atomic mass is 15.3. The first-order valence-corrected chi connectivity index (χ1v) is 16.2. The van der Waals surface area contributed by atoms with Gasteiger partial charge < -0.3 is 4.90 Å². The van der Waals surface area contributed by atoms with Gasteiger partial charge in [-0.15, -0.1) is 0 Å². The van der Waals surface area contributed by atoms with Crippen LogP contribution in [0.1, 0.15) is 90.3 Å². The third kappa shape index (κ3) is 5.91. The largest absolute Gasteiger partial charge is 0.353 e. The second-order valence-corrected chi connectivity index (χ2v) is 14.3. The number of benzene rings is 4. The second-order valence-electron chi connectivity index (χ2n) is 14.3. The molecule has 4 heteroatoms. The van der Waals surface area contributed by atoms with Crippen molar-refractivity contribution in [2.45, 2.75) is 79.2 Å². The van der Waals surface area contributed by atoms with Gasteiger partial charge in [0, 0.05) is 27.9 Å². The van der Waals surface area contributed by atoms with Gasteiger partial charge in [0.15, 0.2) is 17.5 Å². The van der Waals surface area contributed by atoms with E-state index in [9.17, 15) is 0 Å². The van der Waals surface area contributed by atoms with Crippen LogP contribution in [0.2, 0.25) is 0 Å². The van der Waals surface area contributed by atoms with E-state index in [1.165, 1.54) is 28.4 Å². The lowest BCUT2D eigenvalue weighted by Gasteiger charge is -2.42. The van der Waals surface area contributed by atoms with Crippen molar-refractivity contribution in [3.63, 3.8) is 0 Å². The molecule has 0 spiro atoms. The van der Waals surface area contributed by atoms with E-state index < -0.39 is 0 Å². The first kappa shape index (κ1) is 30.7. The van der Waals surface area contributed by atoms with Crippen LogP contribution in [0.25, 0.3) is 34.2 Å². The van der Waals surface area contributed by atoms with Crippen molar-refractivity contribution in [3.05, 3.63) is 126 Å². The molecule has 0 atom stereocenters. The number of aromatic nitrogens is 3. The predicted molar refractivity (Wildman–Crippen MR) is 188 cm³/mol. The molecule has 4 nitrogen and oxygen atoms in total. The topological polar surface area (TPSA) is 41.9 Å². The quantitative estimate of drug-likeness (QED) is 0.188. The maximum Gasteiger partial charge on any atom is 0.164 e. The zero-order valence-corrected chi connectivity index (χ0v) is 28.0. The Morgan fingerprint density at radius 2 is 0.911 bits per heavy atom. The highest BCUT2D eigenvalue weighted by Gasteiger charge is 2.53. The molecule has 1 radical (unpaired) electrons. The Labute approximate surface area is 269 Å². The summed E-state index contributed by atoms with van der Waals surface area (Å²) in [5.74, 6) is 2.87. The zero-order valence-electron chi connectivity index (χ0n) is 28.0. The first-order valence-electron chi connectivity index (χ1n) is 16.2. The van der Waals surface area contributed by atoms with Crippen LogP contribution in [0.15, 0.2) is 103 Å². The molecule has 0 bridgehead atoms. The smallest absolute Gasteiger partial charge is 0.164 e. The van der Waals surface area contributed by atoms with Crippen molar-refractivity contribution in [3.8, 4) is 34.2 Å². The molecular weight excluding hydrogens is 548 g/mol. The van der Waals surface area contributed by atoms with Gasteiger partial charge >= 0.3 is 0 Å². The third-order valence-electron chi connectivity index (χ3n) is 9.03. The van der Waals surface area contributed by atoms with Gasteiger partial charge in [0.05, 0.1) is 6.04 Å². The monoisotopic (exact) mass is 593 g/mol. The van der Waals surface area contributed by atoms with Crippen LogP contribution in [0.4, 0.5) is 5.69 Å². The van der Waals surface area contributed by atoms with E-state index in [4.69, 9.17) is 15.0 Å². The molecule has 0 N–H and O–H groups in total. The molecule has 229 valence electrons. The molecule has 45 heavy (non-hydrogen) atoms.